The van der Waals surface area contributed by atoms with E-state index in [0.717, 1.165) is 37.5 Å². The van der Waals surface area contributed by atoms with Gasteiger partial charge in [-0.1, -0.05) is 51.5 Å². The molecule has 42 heavy (non-hydrogen) atoms. The Labute approximate surface area is 247 Å². The van der Waals surface area contributed by atoms with E-state index >= 15 is 4.39 Å². The molecule has 2 aromatic carbocycles. The zero-order valence-electron chi connectivity index (χ0n) is 25.1. The Kier molecular flexibility index (Phi) is 11.4. The van der Waals surface area contributed by atoms with Crippen molar-refractivity contribution >= 4 is 0 Å². The van der Waals surface area contributed by atoms with Gasteiger partial charge in [-0.25, -0.2) is 8.78 Å². The van der Waals surface area contributed by atoms with Gasteiger partial charge in [-0.2, -0.15) is 13.2 Å². The van der Waals surface area contributed by atoms with Crippen molar-refractivity contribution in [3.63, 3.8) is 0 Å². The lowest BCUT2D eigenvalue weighted by molar-refractivity contribution is -0.196. The molecule has 2 aromatic rings. The molecule has 2 saturated carbocycles. The summed E-state index contributed by atoms with van der Waals surface area (Å²) in [6.45, 7) is 4.04. The molecule has 2 aliphatic carbocycles. The second-order valence-corrected chi connectivity index (χ2v) is 12.1. The van der Waals surface area contributed by atoms with E-state index in [4.69, 9.17) is 9.47 Å². The van der Waals surface area contributed by atoms with Gasteiger partial charge in [-0.05, 0) is 99.8 Å². The number of hydrogen-bond donors (Lipinski definition) is 0. The monoisotopic (exact) mass is 596 g/mol. The summed E-state index contributed by atoms with van der Waals surface area (Å²) in [6, 6.07) is 5.02. The quantitative estimate of drug-likeness (QED) is 0.170. The van der Waals surface area contributed by atoms with Gasteiger partial charge in [0.05, 0.1) is 6.61 Å². The fourth-order valence-electron chi connectivity index (χ4n) is 6.88. The molecule has 3 nitrogen and oxygen atoms in total. The Morgan fingerprint density at radius 1 is 0.714 bits per heavy atom. The molecule has 0 N–H and O–H groups in total. The van der Waals surface area contributed by atoms with E-state index < -0.39 is 41.7 Å². The number of unbranched alkanes of at least 4 members (excludes halogenated alkanes) is 2. The van der Waals surface area contributed by atoms with Crippen LogP contribution in [0.2, 0.25) is 0 Å². The predicted octanol–water partition coefficient (Wildman–Crippen LogP) is 10.5. The number of hydrogen-bond acceptors (Lipinski definition) is 3. The first-order chi connectivity index (χ1) is 20.1. The van der Waals surface area contributed by atoms with Gasteiger partial charge in [-0.3, -0.25) is 0 Å². The molecule has 2 aliphatic rings. The van der Waals surface area contributed by atoms with Crippen molar-refractivity contribution in [2.75, 3.05) is 13.2 Å². The minimum Gasteiger partial charge on any atom is -0.491 e. The van der Waals surface area contributed by atoms with Crippen molar-refractivity contribution in [3.8, 4) is 17.2 Å². The number of ether oxygens (including phenoxy) is 3. The lowest BCUT2D eigenvalue weighted by Gasteiger charge is -2.38. The van der Waals surface area contributed by atoms with Crippen LogP contribution in [0.15, 0.2) is 24.3 Å². The molecule has 0 aromatic heterocycles. The van der Waals surface area contributed by atoms with Gasteiger partial charge in [0, 0.05) is 5.56 Å². The van der Waals surface area contributed by atoms with Crippen molar-refractivity contribution in [3.05, 3.63) is 52.8 Å². The molecule has 4 rings (SSSR count). The highest BCUT2D eigenvalue weighted by atomic mass is 19.3. The SMILES string of the molecule is CCCCCC1CCC(C2CCC(c3ccc(OCC(F)(F)Oc4ccc(OCC)c(F)c4C)c(F)c3F)CC2)CC1. The molecular formula is C34H45F5O3. The van der Waals surface area contributed by atoms with Crippen molar-refractivity contribution in [2.45, 2.75) is 110 Å². The largest absolute Gasteiger partial charge is 0.491 e. The first-order valence-electron chi connectivity index (χ1n) is 15.7. The minimum atomic E-state index is -3.92. The Bertz CT molecular complexity index is 1150. The predicted molar refractivity (Wildman–Crippen MR) is 154 cm³/mol. The molecule has 234 valence electrons. The topological polar surface area (TPSA) is 27.7 Å². The van der Waals surface area contributed by atoms with E-state index in [1.165, 1.54) is 82.6 Å². The summed E-state index contributed by atoms with van der Waals surface area (Å²) in [6.07, 6.45) is 10.1. The minimum absolute atomic E-state index is 0.0756. The third-order valence-corrected chi connectivity index (χ3v) is 9.32. The van der Waals surface area contributed by atoms with Crippen molar-refractivity contribution in [1.29, 1.82) is 0 Å². The van der Waals surface area contributed by atoms with Crippen LogP contribution in [0.25, 0.3) is 0 Å². The Hall–Kier alpha value is -2.51. The Morgan fingerprint density at radius 3 is 1.95 bits per heavy atom. The molecule has 0 unspecified atom stereocenters. The lowest BCUT2D eigenvalue weighted by atomic mass is 9.68. The van der Waals surface area contributed by atoms with Crippen molar-refractivity contribution < 1.29 is 36.2 Å². The van der Waals surface area contributed by atoms with Crippen LogP contribution in [0.1, 0.15) is 108 Å². The molecule has 0 heterocycles. The maximum absolute atomic E-state index is 15.1. The molecular weight excluding hydrogens is 551 g/mol. The normalized spacial score (nSPS) is 23.0. The molecule has 0 spiro atoms. The highest BCUT2D eigenvalue weighted by Gasteiger charge is 2.36. The molecule has 2 fully saturated rings. The molecule has 0 bridgehead atoms. The highest BCUT2D eigenvalue weighted by molar-refractivity contribution is 5.41. The summed E-state index contributed by atoms with van der Waals surface area (Å²) in [5.41, 5.74) is 0.119. The number of halogens is 5. The average molecular weight is 597 g/mol. The second kappa shape index (κ2) is 14.8. The van der Waals surface area contributed by atoms with Gasteiger partial charge in [0.15, 0.2) is 29.7 Å². The van der Waals surface area contributed by atoms with Crippen LogP contribution in [0.3, 0.4) is 0 Å². The van der Waals surface area contributed by atoms with Crippen LogP contribution in [-0.4, -0.2) is 19.3 Å². The van der Waals surface area contributed by atoms with Crippen LogP contribution in [0, 0.1) is 42.1 Å². The first kappa shape index (κ1) is 32.4. The standard InChI is InChI=1S/C34H45F5O3/c1-4-6-7-8-23-9-11-24(12-10-23)25-13-15-26(16-14-25)27-17-18-30(33(37)32(27)36)41-21-34(38,39)42-28-19-20-29(40-5-2)31(35)22(28)3/h17-20,23-26H,4-16,21H2,1-3H3. The van der Waals surface area contributed by atoms with Crippen LogP contribution >= 0.6 is 0 Å². The van der Waals surface area contributed by atoms with E-state index in [1.54, 1.807) is 6.92 Å². The maximum Gasteiger partial charge on any atom is 0.433 e. The fraction of sp³-hybridized carbons (Fsp3) is 0.647. The van der Waals surface area contributed by atoms with E-state index in [1.807, 2.05) is 0 Å². The van der Waals surface area contributed by atoms with E-state index in [2.05, 4.69) is 11.7 Å². The summed E-state index contributed by atoms with van der Waals surface area (Å²) in [5, 5.41) is 0. The Balaban J connectivity index is 1.29. The van der Waals surface area contributed by atoms with Crippen molar-refractivity contribution in [2.24, 2.45) is 17.8 Å². The van der Waals surface area contributed by atoms with Crippen LogP contribution < -0.4 is 14.2 Å². The zero-order chi connectivity index (χ0) is 30.3. The zero-order valence-corrected chi connectivity index (χ0v) is 25.1. The average Bonchev–Trinajstić information content (AvgIpc) is 2.98. The van der Waals surface area contributed by atoms with Crippen molar-refractivity contribution in [1.82, 2.24) is 0 Å². The van der Waals surface area contributed by atoms with Gasteiger partial charge < -0.3 is 14.2 Å². The van der Waals surface area contributed by atoms with Crippen LogP contribution in [0.5, 0.6) is 17.2 Å². The highest BCUT2D eigenvalue weighted by Crippen LogP contribution is 2.45. The molecule has 0 aliphatic heterocycles. The maximum atomic E-state index is 15.1. The van der Waals surface area contributed by atoms with Crippen LogP contribution in [0.4, 0.5) is 22.0 Å². The molecule has 0 amide bonds. The molecule has 0 atom stereocenters. The van der Waals surface area contributed by atoms with Crippen LogP contribution in [-0.2, 0) is 0 Å². The number of benzene rings is 2. The smallest absolute Gasteiger partial charge is 0.433 e. The summed E-state index contributed by atoms with van der Waals surface area (Å²) in [7, 11) is 0. The fourth-order valence-corrected chi connectivity index (χ4v) is 6.88. The molecule has 0 saturated heterocycles. The summed E-state index contributed by atoms with van der Waals surface area (Å²) in [4.78, 5) is 0. The second-order valence-electron chi connectivity index (χ2n) is 12.1. The third-order valence-electron chi connectivity index (χ3n) is 9.32. The van der Waals surface area contributed by atoms with E-state index in [-0.39, 0.29) is 29.4 Å². The summed E-state index contributed by atoms with van der Waals surface area (Å²) < 4.78 is 88.2. The number of alkyl halides is 2. The molecule has 0 radical (unpaired) electrons. The van der Waals surface area contributed by atoms with Gasteiger partial charge >= 0.3 is 6.11 Å². The van der Waals surface area contributed by atoms with Gasteiger partial charge in [-0.15, -0.1) is 0 Å². The summed E-state index contributed by atoms with van der Waals surface area (Å²) in [5.74, 6) is -2.08. The van der Waals surface area contributed by atoms with E-state index in [9.17, 15) is 17.6 Å². The van der Waals surface area contributed by atoms with Gasteiger partial charge in [0.25, 0.3) is 0 Å². The van der Waals surface area contributed by atoms with E-state index in [0.29, 0.717) is 5.92 Å². The summed E-state index contributed by atoms with van der Waals surface area (Å²) >= 11 is 0. The Morgan fingerprint density at radius 2 is 1.31 bits per heavy atom. The molecule has 8 heteroatoms. The number of rotatable bonds is 13. The third kappa shape index (κ3) is 8.10. The lowest BCUT2D eigenvalue weighted by Crippen LogP contribution is -2.33. The van der Waals surface area contributed by atoms with Gasteiger partial charge in [0.1, 0.15) is 5.75 Å². The first-order valence-corrected chi connectivity index (χ1v) is 15.7. The van der Waals surface area contributed by atoms with Gasteiger partial charge in [0.2, 0.25) is 5.82 Å².